The van der Waals surface area contributed by atoms with Gasteiger partial charge in [-0.15, -0.1) is 0 Å². The predicted molar refractivity (Wildman–Crippen MR) is 74.3 cm³/mol. The lowest BCUT2D eigenvalue weighted by atomic mass is 9.74. The summed E-state index contributed by atoms with van der Waals surface area (Å²) in [6.07, 6.45) is 8.78. The van der Waals surface area contributed by atoms with E-state index in [4.69, 9.17) is 10.2 Å². The first-order valence-electron chi connectivity index (χ1n) is 7.21. The Balaban J connectivity index is 2.00. The van der Waals surface area contributed by atoms with E-state index in [1.54, 1.807) is 6.26 Å². The van der Waals surface area contributed by atoms with Gasteiger partial charge in [0.25, 0.3) is 0 Å². The van der Waals surface area contributed by atoms with E-state index in [1.807, 2.05) is 12.3 Å². The monoisotopic (exact) mass is 250 g/mol. The first-order valence-corrected chi connectivity index (χ1v) is 7.21. The van der Waals surface area contributed by atoms with Gasteiger partial charge in [-0.25, -0.2) is 0 Å². The predicted octanol–water partition coefficient (Wildman–Crippen LogP) is 3.18. The highest BCUT2D eigenvalue weighted by atomic mass is 16.3. The summed E-state index contributed by atoms with van der Waals surface area (Å²) in [5.74, 6) is 0. The summed E-state index contributed by atoms with van der Waals surface area (Å²) >= 11 is 0. The Labute approximate surface area is 110 Å². The third-order valence-electron chi connectivity index (χ3n) is 4.95. The molecule has 1 unspecified atom stereocenters. The van der Waals surface area contributed by atoms with Crippen molar-refractivity contribution in [3.63, 3.8) is 0 Å². The van der Waals surface area contributed by atoms with Crippen LogP contribution in [-0.2, 0) is 0 Å². The standard InChI is InChI=1S/C15H26N2O/c1-3-15(4-2)6-8-17(9-7-15)14(11-16)13-5-10-18-12-13/h5,10,12,14H,3-4,6-9,11,16H2,1-2H3. The van der Waals surface area contributed by atoms with Crippen molar-refractivity contribution in [1.82, 2.24) is 4.90 Å². The van der Waals surface area contributed by atoms with E-state index in [2.05, 4.69) is 18.7 Å². The van der Waals surface area contributed by atoms with Crippen molar-refractivity contribution >= 4 is 0 Å². The minimum atomic E-state index is 0.329. The smallest absolute Gasteiger partial charge is 0.0950 e. The summed E-state index contributed by atoms with van der Waals surface area (Å²) in [5, 5.41) is 0. The van der Waals surface area contributed by atoms with Gasteiger partial charge in [-0.2, -0.15) is 0 Å². The van der Waals surface area contributed by atoms with Crippen LogP contribution in [-0.4, -0.2) is 24.5 Å². The molecule has 102 valence electrons. The number of nitrogens with two attached hydrogens (primary N) is 1. The van der Waals surface area contributed by atoms with Gasteiger partial charge in [0.15, 0.2) is 0 Å². The summed E-state index contributed by atoms with van der Waals surface area (Å²) in [7, 11) is 0. The van der Waals surface area contributed by atoms with E-state index >= 15 is 0 Å². The molecule has 3 nitrogen and oxygen atoms in total. The number of hydrogen-bond donors (Lipinski definition) is 1. The number of likely N-dealkylation sites (tertiary alicyclic amines) is 1. The third kappa shape index (κ3) is 2.62. The molecule has 0 spiro atoms. The molecule has 0 bridgehead atoms. The van der Waals surface area contributed by atoms with Crippen LogP contribution in [0, 0.1) is 5.41 Å². The first kappa shape index (κ1) is 13.6. The molecule has 1 aliphatic rings. The van der Waals surface area contributed by atoms with Crippen LogP contribution in [0.25, 0.3) is 0 Å². The topological polar surface area (TPSA) is 42.4 Å². The molecule has 1 atom stereocenters. The normalized spacial score (nSPS) is 21.9. The van der Waals surface area contributed by atoms with Gasteiger partial charge in [-0.05, 0) is 37.4 Å². The molecule has 1 aromatic heterocycles. The first-order chi connectivity index (χ1) is 8.74. The molecule has 0 radical (unpaired) electrons. The molecule has 3 heteroatoms. The van der Waals surface area contributed by atoms with Crippen LogP contribution in [0.15, 0.2) is 23.0 Å². The zero-order chi connectivity index (χ0) is 13.0. The minimum absolute atomic E-state index is 0.329. The van der Waals surface area contributed by atoms with E-state index in [0.717, 1.165) is 13.1 Å². The van der Waals surface area contributed by atoms with Crippen molar-refractivity contribution < 1.29 is 4.42 Å². The van der Waals surface area contributed by atoms with Crippen LogP contribution in [0.2, 0.25) is 0 Å². The lowest BCUT2D eigenvalue weighted by Crippen LogP contribution is -2.43. The largest absolute Gasteiger partial charge is 0.472 e. The highest BCUT2D eigenvalue weighted by Crippen LogP contribution is 2.39. The van der Waals surface area contributed by atoms with Gasteiger partial charge in [-0.1, -0.05) is 26.7 Å². The summed E-state index contributed by atoms with van der Waals surface area (Å²) in [5.41, 5.74) is 7.74. The molecule has 2 heterocycles. The van der Waals surface area contributed by atoms with Gasteiger partial charge >= 0.3 is 0 Å². The molecule has 1 saturated heterocycles. The van der Waals surface area contributed by atoms with Gasteiger partial charge in [-0.3, -0.25) is 4.90 Å². The van der Waals surface area contributed by atoms with Crippen molar-refractivity contribution in [2.45, 2.75) is 45.6 Å². The SMILES string of the molecule is CCC1(CC)CCN(C(CN)c2ccoc2)CC1. The molecule has 0 aliphatic carbocycles. The fraction of sp³-hybridized carbons (Fsp3) is 0.733. The summed E-state index contributed by atoms with van der Waals surface area (Å²) in [4.78, 5) is 2.52. The quantitative estimate of drug-likeness (QED) is 0.872. The molecule has 1 aliphatic heterocycles. The maximum atomic E-state index is 5.94. The van der Waals surface area contributed by atoms with Gasteiger partial charge in [0.05, 0.1) is 18.6 Å². The lowest BCUT2D eigenvalue weighted by Gasteiger charge is -2.43. The Kier molecular flexibility index (Phi) is 4.46. The van der Waals surface area contributed by atoms with Crippen molar-refractivity contribution in [3.05, 3.63) is 24.2 Å². The zero-order valence-corrected chi connectivity index (χ0v) is 11.7. The van der Waals surface area contributed by atoms with Crippen molar-refractivity contribution in [2.24, 2.45) is 11.1 Å². The van der Waals surface area contributed by atoms with E-state index in [0.29, 0.717) is 18.0 Å². The van der Waals surface area contributed by atoms with Gasteiger partial charge < -0.3 is 10.2 Å². The molecular weight excluding hydrogens is 224 g/mol. The number of hydrogen-bond acceptors (Lipinski definition) is 3. The van der Waals surface area contributed by atoms with Crippen LogP contribution in [0.3, 0.4) is 0 Å². The van der Waals surface area contributed by atoms with Crippen LogP contribution < -0.4 is 5.73 Å². The van der Waals surface area contributed by atoms with Crippen molar-refractivity contribution in [1.29, 1.82) is 0 Å². The summed E-state index contributed by atoms with van der Waals surface area (Å²) in [6, 6.07) is 2.37. The van der Waals surface area contributed by atoms with Crippen molar-refractivity contribution in [3.8, 4) is 0 Å². The van der Waals surface area contributed by atoms with Crippen LogP contribution in [0.5, 0.6) is 0 Å². The third-order valence-corrected chi connectivity index (χ3v) is 4.95. The molecule has 0 saturated carbocycles. The molecule has 1 aromatic rings. The highest BCUT2D eigenvalue weighted by molar-refractivity contribution is 5.12. The molecule has 1 fully saturated rings. The maximum absolute atomic E-state index is 5.94. The Morgan fingerprint density at radius 2 is 2.00 bits per heavy atom. The fourth-order valence-corrected chi connectivity index (χ4v) is 3.23. The Bertz CT molecular complexity index is 333. The van der Waals surface area contributed by atoms with E-state index in [9.17, 15) is 0 Å². The van der Waals surface area contributed by atoms with Gasteiger partial charge in [0.2, 0.25) is 0 Å². The second-order valence-corrected chi connectivity index (χ2v) is 5.55. The lowest BCUT2D eigenvalue weighted by molar-refractivity contribution is 0.0678. The average Bonchev–Trinajstić information content (AvgIpc) is 2.95. The zero-order valence-electron chi connectivity index (χ0n) is 11.7. The fourth-order valence-electron chi connectivity index (χ4n) is 3.23. The van der Waals surface area contributed by atoms with Crippen LogP contribution in [0.1, 0.15) is 51.1 Å². The van der Waals surface area contributed by atoms with Gasteiger partial charge in [0.1, 0.15) is 0 Å². The van der Waals surface area contributed by atoms with Crippen LogP contribution >= 0.6 is 0 Å². The Morgan fingerprint density at radius 1 is 1.33 bits per heavy atom. The molecule has 0 aromatic carbocycles. The Morgan fingerprint density at radius 3 is 2.44 bits per heavy atom. The molecule has 2 N–H and O–H groups in total. The summed E-state index contributed by atoms with van der Waals surface area (Å²) < 4.78 is 5.19. The number of nitrogens with zero attached hydrogens (tertiary/aromatic N) is 1. The average molecular weight is 250 g/mol. The highest BCUT2D eigenvalue weighted by Gasteiger charge is 2.33. The van der Waals surface area contributed by atoms with E-state index in [-0.39, 0.29) is 0 Å². The second-order valence-electron chi connectivity index (χ2n) is 5.55. The number of furan rings is 1. The minimum Gasteiger partial charge on any atom is -0.472 e. The second kappa shape index (κ2) is 5.89. The number of rotatable bonds is 5. The van der Waals surface area contributed by atoms with Gasteiger partial charge in [0, 0.05) is 12.1 Å². The van der Waals surface area contributed by atoms with E-state index < -0.39 is 0 Å². The van der Waals surface area contributed by atoms with E-state index in [1.165, 1.54) is 31.2 Å². The molecule has 2 rings (SSSR count). The molecular formula is C15H26N2O. The molecule has 0 amide bonds. The van der Waals surface area contributed by atoms with Crippen molar-refractivity contribution in [2.75, 3.05) is 19.6 Å². The molecule has 18 heavy (non-hydrogen) atoms. The van der Waals surface area contributed by atoms with Crippen LogP contribution in [0.4, 0.5) is 0 Å². The number of piperidine rings is 1. The Hall–Kier alpha value is -0.800. The maximum Gasteiger partial charge on any atom is 0.0950 e. The summed E-state index contributed by atoms with van der Waals surface area (Å²) in [6.45, 7) is 7.65.